The molecule has 5 nitrogen and oxygen atoms in total. The van der Waals surface area contributed by atoms with Crippen molar-refractivity contribution >= 4 is 57.9 Å². The molecule has 25 heavy (non-hydrogen) atoms. The highest BCUT2D eigenvalue weighted by molar-refractivity contribution is 8.01. The molecule has 3 aromatic rings. The van der Waals surface area contributed by atoms with Crippen LogP contribution in [-0.4, -0.2) is 21.9 Å². The minimum absolute atomic E-state index is 0.191. The standard InChI is InChI=1S/C16H11Cl2N3O2S2/c17-10-1-4-12(5-2-10)23-14-6-3-11(18)7-13(14)20-15(22)8-24-16-21-19-9-25-16/h1-7,9H,8H2,(H,20,22). The zero-order valence-corrected chi connectivity index (χ0v) is 15.8. The summed E-state index contributed by atoms with van der Waals surface area (Å²) in [5.74, 6) is 1.11. The topological polar surface area (TPSA) is 64.1 Å². The van der Waals surface area contributed by atoms with Crippen LogP contribution in [0.1, 0.15) is 0 Å². The maximum absolute atomic E-state index is 12.2. The van der Waals surface area contributed by atoms with E-state index in [1.165, 1.54) is 23.1 Å². The van der Waals surface area contributed by atoms with Crippen molar-refractivity contribution in [3.8, 4) is 11.5 Å². The number of carbonyl (C=O) groups excluding carboxylic acids is 1. The molecule has 1 N–H and O–H groups in total. The highest BCUT2D eigenvalue weighted by atomic mass is 35.5. The summed E-state index contributed by atoms with van der Waals surface area (Å²) >= 11 is 14.6. The monoisotopic (exact) mass is 411 g/mol. The van der Waals surface area contributed by atoms with Crippen LogP contribution in [0.4, 0.5) is 5.69 Å². The molecule has 0 spiro atoms. The third-order valence-corrected chi connectivity index (χ3v) is 5.27. The van der Waals surface area contributed by atoms with E-state index in [0.717, 1.165) is 4.34 Å². The number of anilines is 1. The van der Waals surface area contributed by atoms with Crippen LogP contribution in [0, 0.1) is 0 Å². The Balaban J connectivity index is 1.70. The largest absolute Gasteiger partial charge is 0.455 e. The lowest BCUT2D eigenvalue weighted by atomic mass is 10.2. The smallest absolute Gasteiger partial charge is 0.234 e. The van der Waals surface area contributed by atoms with Gasteiger partial charge in [-0.15, -0.1) is 10.2 Å². The molecule has 2 aromatic carbocycles. The first-order chi connectivity index (χ1) is 12.1. The van der Waals surface area contributed by atoms with Gasteiger partial charge in [-0.1, -0.05) is 46.3 Å². The summed E-state index contributed by atoms with van der Waals surface area (Å²) in [6.07, 6.45) is 0. The molecule has 1 aromatic heterocycles. The summed E-state index contributed by atoms with van der Waals surface area (Å²) in [4.78, 5) is 12.2. The number of amides is 1. The highest BCUT2D eigenvalue weighted by Crippen LogP contribution is 2.32. The van der Waals surface area contributed by atoms with Crippen molar-refractivity contribution in [2.45, 2.75) is 4.34 Å². The van der Waals surface area contributed by atoms with Crippen molar-refractivity contribution in [2.24, 2.45) is 0 Å². The van der Waals surface area contributed by atoms with E-state index in [9.17, 15) is 4.79 Å². The number of nitrogens with zero attached hydrogens (tertiary/aromatic N) is 2. The molecule has 0 saturated carbocycles. The van der Waals surface area contributed by atoms with Crippen molar-refractivity contribution in [2.75, 3.05) is 11.1 Å². The van der Waals surface area contributed by atoms with Crippen LogP contribution in [0.25, 0.3) is 0 Å². The van der Waals surface area contributed by atoms with Gasteiger partial charge < -0.3 is 10.1 Å². The van der Waals surface area contributed by atoms with Crippen LogP contribution >= 0.6 is 46.3 Å². The van der Waals surface area contributed by atoms with E-state index in [4.69, 9.17) is 27.9 Å². The fourth-order valence-corrected chi connectivity index (χ4v) is 3.44. The van der Waals surface area contributed by atoms with Gasteiger partial charge in [0.2, 0.25) is 5.91 Å². The molecule has 0 unspecified atom stereocenters. The number of nitrogens with one attached hydrogen (secondary N) is 1. The Morgan fingerprint density at radius 2 is 1.92 bits per heavy atom. The molecule has 0 aliphatic rings. The van der Waals surface area contributed by atoms with E-state index >= 15 is 0 Å². The second kappa shape index (κ2) is 8.53. The van der Waals surface area contributed by atoms with Gasteiger partial charge in [-0.2, -0.15) is 0 Å². The average Bonchev–Trinajstić information content (AvgIpc) is 3.11. The molecular weight excluding hydrogens is 401 g/mol. The van der Waals surface area contributed by atoms with E-state index in [2.05, 4.69) is 15.5 Å². The van der Waals surface area contributed by atoms with Crippen LogP contribution in [-0.2, 0) is 4.79 Å². The Morgan fingerprint density at radius 1 is 1.16 bits per heavy atom. The molecule has 1 heterocycles. The van der Waals surface area contributed by atoms with Crippen LogP contribution in [0.3, 0.4) is 0 Å². The van der Waals surface area contributed by atoms with Gasteiger partial charge in [0.05, 0.1) is 11.4 Å². The lowest BCUT2D eigenvalue weighted by Crippen LogP contribution is -2.14. The van der Waals surface area contributed by atoms with Crippen LogP contribution in [0.2, 0.25) is 10.0 Å². The van der Waals surface area contributed by atoms with E-state index in [1.54, 1.807) is 48.0 Å². The Kier molecular flexibility index (Phi) is 6.14. The van der Waals surface area contributed by atoms with Gasteiger partial charge in [-0.25, -0.2) is 0 Å². The van der Waals surface area contributed by atoms with Gasteiger partial charge >= 0.3 is 0 Å². The third-order valence-electron chi connectivity index (χ3n) is 2.92. The number of hydrogen-bond acceptors (Lipinski definition) is 6. The van der Waals surface area contributed by atoms with Gasteiger partial charge in [-0.05, 0) is 42.5 Å². The van der Waals surface area contributed by atoms with Crippen molar-refractivity contribution in [3.63, 3.8) is 0 Å². The minimum Gasteiger partial charge on any atom is -0.455 e. The Bertz CT molecular complexity index is 858. The molecule has 0 aliphatic heterocycles. The van der Waals surface area contributed by atoms with Crippen molar-refractivity contribution in [1.82, 2.24) is 10.2 Å². The molecule has 128 valence electrons. The summed E-state index contributed by atoms with van der Waals surface area (Å²) < 4.78 is 6.55. The summed E-state index contributed by atoms with van der Waals surface area (Å²) in [6, 6.07) is 12.0. The minimum atomic E-state index is -0.191. The van der Waals surface area contributed by atoms with Crippen LogP contribution in [0.15, 0.2) is 52.3 Å². The fraction of sp³-hybridized carbons (Fsp3) is 0.0625. The normalized spacial score (nSPS) is 10.5. The quantitative estimate of drug-likeness (QED) is 0.552. The molecule has 0 fully saturated rings. The van der Waals surface area contributed by atoms with Crippen LogP contribution in [0.5, 0.6) is 11.5 Å². The molecular formula is C16H11Cl2N3O2S2. The summed E-state index contributed by atoms with van der Waals surface area (Å²) in [6.45, 7) is 0. The first-order valence-electron chi connectivity index (χ1n) is 7.02. The maximum atomic E-state index is 12.2. The van der Waals surface area contributed by atoms with E-state index in [-0.39, 0.29) is 11.7 Å². The molecule has 9 heteroatoms. The van der Waals surface area contributed by atoms with Gasteiger partial charge in [-0.3, -0.25) is 4.79 Å². The number of ether oxygens (including phenoxy) is 1. The molecule has 0 saturated heterocycles. The first kappa shape index (κ1) is 18.0. The summed E-state index contributed by atoms with van der Waals surface area (Å²) in [7, 11) is 0. The molecule has 0 atom stereocenters. The molecule has 0 bridgehead atoms. The van der Waals surface area contributed by atoms with E-state index in [1.807, 2.05) is 0 Å². The van der Waals surface area contributed by atoms with Gasteiger partial charge in [0.1, 0.15) is 11.3 Å². The zero-order valence-electron chi connectivity index (χ0n) is 12.6. The molecule has 1 amide bonds. The third kappa shape index (κ3) is 5.34. The average molecular weight is 412 g/mol. The second-order valence-electron chi connectivity index (χ2n) is 4.74. The van der Waals surface area contributed by atoms with Crippen molar-refractivity contribution in [3.05, 3.63) is 58.0 Å². The molecule has 0 radical (unpaired) electrons. The number of benzene rings is 2. The first-order valence-corrected chi connectivity index (χ1v) is 9.64. The predicted molar refractivity (Wildman–Crippen MR) is 102 cm³/mol. The summed E-state index contributed by atoms with van der Waals surface area (Å²) in [5.41, 5.74) is 2.11. The number of hydrogen-bond donors (Lipinski definition) is 1. The number of carbonyl (C=O) groups is 1. The predicted octanol–water partition coefficient (Wildman–Crippen LogP) is 5.37. The Labute approximate surface area is 162 Å². The second-order valence-corrected chi connectivity index (χ2v) is 7.67. The number of thioether (sulfide) groups is 1. The fourth-order valence-electron chi connectivity index (χ4n) is 1.86. The number of aromatic nitrogens is 2. The number of halogens is 2. The highest BCUT2D eigenvalue weighted by Gasteiger charge is 2.11. The van der Waals surface area contributed by atoms with E-state index in [0.29, 0.717) is 27.2 Å². The van der Waals surface area contributed by atoms with Crippen molar-refractivity contribution in [1.29, 1.82) is 0 Å². The number of rotatable bonds is 6. The van der Waals surface area contributed by atoms with Gasteiger partial charge in [0.15, 0.2) is 10.1 Å². The Hall–Kier alpha value is -1.80. The SMILES string of the molecule is O=C(CSc1nncs1)Nc1cc(Cl)ccc1Oc1ccc(Cl)cc1. The summed E-state index contributed by atoms with van der Waals surface area (Å²) in [5, 5.41) is 11.5. The lowest BCUT2D eigenvalue weighted by molar-refractivity contribution is -0.113. The van der Waals surface area contributed by atoms with Gasteiger partial charge in [0.25, 0.3) is 0 Å². The Morgan fingerprint density at radius 3 is 2.64 bits per heavy atom. The van der Waals surface area contributed by atoms with Crippen LogP contribution < -0.4 is 10.1 Å². The maximum Gasteiger partial charge on any atom is 0.234 e. The molecule has 0 aliphatic carbocycles. The van der Waals surface area contributed by atoms with Crippen molar-refractivity contribution < 1.29 is 9.53 Å². The van der Waals surface area contributed by atoms with Gasteiger partial charge in [0, 0.05) is 10.0 Å². The lowest BCUT2D eigenvalue weighted by Gasteiger charge is -2.12. The van der Waals surface area contributed by atoms with E-state index < -0.39 is 0 Å². The zero-order chi connectivity index (χ0) is 17.6. The molecule has 3 rings (SSSR count).